The lowest BCUT2D eigenvalue weighted by Crippen LogP contribution is -2.33. The quantitative estimate of drug-likeness (QED) is 0.817. The topological polar surface area (TPSA) is 41.1 Å². The first kappa shape index (κ1) is 16.8. The largest absolute Gasteiger partial charge is 0.356 e. The van der Waals surface area contributed by atoms with E-state index >= 15 is 0 Å². The van der Waals surface area contributed by atoms with Gasteiger partial charge in [-0.1, -0.05) is 13.3 Å². The highest BCUT2D eigenvalue weighted by Gasteiger charge is 2.23. The highest BCUT2D eigenvalue weighted by atomic mass is 35.5. The lowest BCUT2D eigenvalue weighted by molar-refractivity contribution is -0.122. The van der Waals surface area contributed by atoms with Gasteiger partial charge in [-0.25, -0.2) is 0 Å². The number of piperidine rings is 1. The Morgan fingerprint density at radius 1 is 1.26 bits per heavy atom. The summed E-state index contributed by atoms with van der Waals surface area (Å²) in [5.41, 5.74) is 0. The van der Waals surface area contributed by atoms with E-state index in [0.29, 0.717) is 5.92 Å². The van der Waals surface area contributed by atoms with Crippen molar-refractivity contribution in [2.75, 3.05) is 19.6 Å². The predicted octanol–water partition coefficient (Wildman–Crippen LogP) is 2.74. The van der Waals surface area contributed by atoms with Gasteiger partial charge in [0.1, 0.15) is 0 Å². The number of hydrogen-bond acceptors (Lipinski definition) is 2. The van der Waals surface area contributed by atoms with Gasteiger partial charge in [0, 0.05) is 13.0 Å². The van der Waals surface area contributed by atoms with Gasteiger partial charge >= 0.3 is 0 Å². The molecular weight excluding hydrogens is 260 g/mol. The number of rotatable bonds is 5. The second-order valence-corrected chi connectivity index (χ2v) is 6.34. The van der Waals surface area contributed by atoms with Crippen molar-refractivity contribution in [2.24, 2.45) is 17.8 Å². The molecule has 2 N–H and O–H groups in total. The molecule has 1 heterocycles. The maximum Gasteiger partial charge on any atom is 0.220 e. The molecule has 3 atom stereocenters. The van der Waals surface area contributed by atoms with Crippen LogP contribution in [0.5, 0.6) is 0 Å². The lowest BCUT2D eigenvalue weighted by atomic mass is 9.96. The molecule has 3 nitrogen and oxygen atoms in total. The number of nitrogens with one attached hydrogen (secondary N) is 2. The first-order chi connectivity index (χ1) is 8.74. The molecular formula is C15H29ClN2O. The number of carbonyl (C=O) groups is 1. The van der Waals surface area contributed by atoms with Crippen molar-refractivity contribution < 1.29 is 4.79 Å². The van der Waals surface area contributed by atoms with Crippen molar-refractivity contribution in [3.63, 3.8) is 0 Å². The third-order valence-electron chi connectivity index (χ3n) is 4.55. The van der Waals surface area contributed by atoms with Crippen molar-refractivity contribution in [3.05, 3.63) is 0 Å². The van der Waals surface area contributed by atoms with Crippen LogP contribution in [0.15, 0.2) is 0 Å². The van der Waals surface area contributed by atoms with E-state index in [-0.39, 0.29) is 18.3 Å². The van der Waals surface area contributed by atoms with Crippen LogP contribution >= 0.6 is 12.4 Å². The Morgan fingerprint density at radius 3 is 2.74 bits per heavy atom. The van der Waals surface area contributed by atoms with Crippen LogP contribution in [0.25, 0.3) is 0 Å². The zero-order valence-electron chi connectivity index (χ0n) is 12.1. The van der Waals surface area contributed by atoms with Crippen LogP contribution in [0.2, 0.25) is 0 Å². The van der Waals surface area contributed by atoms with Crippen LogP contribution < -0.4 is 10.6 Å². The molecule has 0 aromatic rings. The molecule has 4 heteroatoms. The Hall–Kier alpha value is -0.280. The molecule has 1 saturated heterocycles. The van der Waals surface area contributed by atoms with Gasteiger partial charge in [-0.15, -0.1) is 12.4 Å². The van der Waals surface area contributed by atoms with Crippen LogP contribution in [0.1, 0.15) is 51.9 Å². The van der Waals surface area contributed by atoms with Crippen LogP contribution in [0, 0.1) is 17.8 Å². The maximum absolute atomic E-state index is 11.8. The van der Waals surface area contributed by atoms with E-state index in [1.807, 2.05) is 0 Å². The van der Waals surface area contributed by atoms with Crippen LogP contribution in [-0.2, 0) is 4.79 Å². The molecule has 0 spiro atoms. The summed E-state index contributed by atoms with van der Waals surface area (Å²) in [4.78, 5) is 11.8. The minimum Gasteiger partial charge on any atom is -0.356 e. The summed E-state index contributed by atoms with van der Waals surface area (Å²) < 4.78 is 0. The third-order valence-corrected chi connectivity index (χ3v) is 4.55. The summed E-state index contributed by atoms with van der Waals surface area (Å²) in [6, 6.07) is 0. The molecule has 1 saturated carbocycles. The molecule has 1 aliphatic carbocycles. The minimum atomic E-state index is 0. The standard InChI is InChI=1S/C15H28N2O.ClH/c1-12-4-5-14(9-12)10-15(18)17-8-6-13-3-2-7-16-11-13;/h12-14,16H,2-11H2,1H3,(H,17,18);1H. The van der Waals surface area contributed by atoms with Gasteiger partial charge in [-0.3, -0.25) is 4.79 Å². The summed E-state index contributed by atoms with van der Waals surface area (Å²) in [5, 5.41) is 6.53. The highest BCUT2D eigenvalue weighted by Crippen LogP contribution is 2.32. The van der Waals surface area contributed by atoms with Gasteiger partial charge in [0.2, 0.25) is 5.91 Å². The van der Waals surface area contributed by atoms with Crippen molar-refractivity contribution in [1.82, 2.24) is 10.6 Å². The zero-order chi connectivity index (χ0) is 12.8. The Bertz CT molecular complexity index is 267. The molecule has 0 aromatic carbocycles. The normalized spacial score (nSPS) is 30.7. The predicted molar refractivity (Wildman–Crippen MR) is 81.6 cm³/mol. The Morgan fingerprint density at radius 2 is 2.11 bits per heavy atom. The molecule has 1 aliphatic heterocycles. The van der Waals surface area contributed by atoms with Crippen LogP contribution in [-0.4, -0.2) is 25.5 Å². The second kappa shape index (κ2) is 8.80. The fourth-order valence-corrected chi connectivity index (χ4v) is 3.43. The summed E-state index contributed by atoms with van der Waals surface area (Å²) >= 11 is 0. The van der Waals surface area contributed by atoms with Crippen molar-refractivity contribution in [1.29, 1.82) is 0 Å². The molecule has 19 heavy (non-hydrogen) atoms. The molecule has 0 bridgehead atoms. The smallest absolute Gasteiger partial charge is 0.220 e. The Kier molecular flexibility index (Phi) is 7.77. The SMILES string of the molecule is CC1CCC(CC(=O)NCCC2CCCNC2)C1.Cl. The van der Waals surface area contributed by atoms with E-state index in [1.54, 1.807) is 0 Å². The molecule has 112 valence electrons. The summed E-state index contributed by atoms with van der Waals surface area (Å²) in [6.45, 7) is 5.47. The van der Waals surface area contributed by atoms with Crippen molar-refractivity contribution >= 4 is 18.3 Å². The van der Waals surface area contributed by atoms with Crippen LogP contribution in [0.3, 0.4) is 0 Å². The van der Waals surface area contributed by atoms with Gasteiger partial charge in [-0.05, 0) is 62.9 Å². The molecule has 1 amide bonds. The average molecular weight is 289 g/mol. The molecule has 2 aliphatic rings. The average Bonchev–Trinajstić information content (AvgIpc) is 2.76. The van der Waals surface area contributed by atoms with Crippen molar-refractivity contribution in [2.45, 2.75) is 51.9 Å². The molecule has 0 aromatic heterocycles. The second-order valence-electron chi connectivity index (χ2n) is 6.34. The maximum atomic E-state index is 11.8. The minimum absolute atomic E-state index is 0. The van der Waals surface area contributed by atoms with Gasteiger partial charge in [0.05, 0.1) is 0 Å². The zero-order valence-corrected chi connectivity index (χ0v) is 12.9. The number of halogens is 1. The highest BCUT2D eigenvalue weighted by molar-refractivity contribution is 5.85. The first-order valence-electron chi connectivity index (χ1n) is 7.71. The van der Waals surface area contributed by atoms with E-state index in [4.69, 9.17) is 0 Å². The molecule has 2 fully saturated rings. The first-order valence-corrected chi connectivity index (χ1v) is 7.71. The number of amides is 1. The Balaban J connectivity index is 0.00000180. The molecule has 0 radical (unpaired) electrons. The van der Waals surface area contributed by atoms with Gasteiger partial charge in [-0.2, -0.15) is 0 Å². The van der Waals surface area contributed by atoms with E-state index in [2.05, 4.69) is 17.6 Å². The van der Waals surface area contributed by atoms with E-state index in [0.717, 1.165) is 37.8 Å². The van der Waals surface area contributed by atoms with Gasteiger partial charge < -0.3 is 10.6 Å². The van der Waals surface area contributed by atoms with E-state index in [1.165, 1.54) is 38.6 Å². The van der Waals surface area contributed by atoms with Crippen molar-refractivity contribution in [3.8, 4) is 0 Å². The Labute approximate surface area is 123 Å². The number of carbonyl (C=O) groups excluding carboxylic acids is 1. The summed E-state index contributed by atoms with van der Waals surface area (Å²) in [7, 11) is 0. The van der Waals surface area contributed by atoms with Crippen LogP contribution in [0.4, 0.5) is 0 Å². The monoisotopic (exact) mass is 288 g/mol. The summed E-state index contributed by atoms with van der Waals surface area (Å²) in [5.74, 6) is 2.52. The third kappa shape index (κ3) is 6.13. The molecule has 3 unspecified atom stereocenters. The van der Waals surface area contributed by atoms with Gasteiger partial charge in [0.25, 0.3) is 0 Å². The fraction of sp³-hybridized carbons (Fsp3) is 0.933. The van der Waals surface area contributed by atoms with E-state index in [9.17, 15) is 4.79 Å². The fourth-order valence-electron chi connectivity index (χ4n) is 3.43. The lowest BCUT2D eigenvalue weighted by Gasteiger charge is -2.22. The number of hydrogen-bond donors (Lipinski definition) is 2. The van der Waals surface area contributed by atoms with E-state index < -0.39 is 0 Å². The van der Waals surface area contributed by atoms with Gasteiger partial charge in [0.15, 0.2) is 0 Å². The molecule has 2 rings (SSSR count). The summed E-state index contributed by atoms with van der Waals surface area (Å²) in [6.07, 6.45) is 8.32.